The number of nitrogens with two attached hydrogens (primary N) is 1. The monoisotopic (exact) mass is 676 g/mol. The Morgan fingerprint density at radius 3 is 2.11 bits per heavy atom. The topological polar surface area (TPSA) is 201 Å². The van der Waals surface area contributed by atoms with Crippen LogP contribution in [0.15, 0.2) is 45.4 Å². The smallest absolute Gasteiger partial charge is 0.303 e. The van der Waals surface area contributed by atoms with Crippen LogP contribution in [0.5, 0.6) is 0 Å². The number of benzene rings is 1. The van der Waals surface area contributed by atoms with E-state index in [0.29, 0.717) is 22.6 Å². The van der Waals surface area contributed by atoms with Crippen molar-refractivity contribution in [3.8, 4) is 11.3 Å². The maximum absolute atomic E-state index is 12.2. The van der Waals surface area contributed by atoms with Crippen LogP contribution in [-0.4, -0.2) is 75.8 Å². The van der Waals surface area contributed by atoms with Crippen LogP contribution in [0.2, 0.25) is 0 Å². The summed E-state index contributed by atoms with van der Waals surface area (Å²) in [5.41, 5.74) is 7.06. The van der Waals surface area contributed by atoms with Crippen molar-refractivity contribution in [1.29, 1.82) is 0 Å². The molecule has 0 spiro atoms. The van der Waals surface area contributed by atoms with E-state index in [0.717, 1.165) is 25.2 Å². The van der Waals surface area contributed by atoms with E-state index >= 15 is 0 Å². The Labute approximate surface area is 259 Å². The number of nitrogens with zero attached hydrogens (tertiary/aromatic N) is 3. The maximum Gasteiger partial charge on any atom is 0.303 e. The largest absolute Gasteiger partial charge is 0.463 e. The van der Waals surface area contributed by atoms with Gasteiger partial charge in [-0.2, -0.15) is 0 Å². The second-order valence-electron chi connectivity index (χ2n) is 9.79. The van der Waals surface area contributed by atoms with Gasteiger partial charge in [0.25, 0.3) is 5.91 Å². The first-order valence-electron chi connectivity index (χ1n) is 13.2. The minimum absolute atomic E-state index is 0.0591. The molecule has 1 aliphatic rings. The highest BCUT2D eigenvalue weighted by Crippen LogP contribution is 2.35. The molecular weight excluding hydrogens is 648 g/mol. The summed E-state index contributed by atoms with van der Waals surface area (Å²) in [4.78, 5) is 60.0. The Hall–Kier alpha value is -4.57. The summed E-state index contributed by atoms with van der Waals surface area (Å²) in [5.74, 6) is -3.36. The van der Waals surface area contributed by atoms with Gasteiger partial charge in [-0.05, 0) is 18.2 Å². The van der Waals surface area contributed by atoms with Crippen molar-refractivity contribution in [1.82, 2.24) is 15.0 Å². The lowest BCUT2D eigenvalue weighted by atomic mass is 9.97. The second kappa shape index (κ2) is 13.8. The summed E-state index contributed by atoms with van der Waals surface area (Å²) in [7, 11) is 0. The van der Waals surface area contributed by atoms with Crippen molar-refractivity contribution in [2.75, 3.05) is 6.61 Å². The summed E-state index contributed by atoms with van der Waals surface area (Å²) in [5, 5.41) is 8.28. The third-order valence-corrected chi connectivity index (χ3v) is 6.85. The Morgan fingerprint density at radius 2 is 1.52 bits per heavy atom. The van der Waals surface area contributed by atoms with E-state index in [2.05, 4.69) is 26.2 Å². The van der Waals surface area contributed by atoms with Crippen LogP contribution in [0, 0.1) is 0 Å². The number of aromatic nitrogens is 3. The summed E-state index contributed by atoms with van der Waals surface area (Å²) in [6.07, 6.45) is -5.00. The summed E-state index contributed by atoms with van der Waals surface area (Å²) in [6, 6.07) is 8.91. The van der Waals surface area contributed by atoms with E-state index in [9.17, 15) is 24.0 Å². The van der Waals surface area contributed by atoms with E-state index in [1.807, 2.05) is 12.1 Å². The number of rotatable bonds is 10. The highest BCUT2D eigenvalue weighted by Gasteiger charge is 2.53. The average Bonchev–Trinajstić information content (AvgIpc) is 3.57. The van der Waals surface area contributed by atoms with Gasteiger partial charge in [0.05, 0.1) is 11.9 Å². The van der Waals surface area contributed by atoms with Gasteiger partial charge in [-0.25, -0.2) is 4.68 Å². The second-order valence-corrected chi connectivity index (χ2v) is 10.7. The van der Waals surface area contributed by atoms with Crippen LogP contribution in [0.25, 0.3) is 11.3 Å². The zero-order valence-electron chi connectivity index (χ0n) is 24.1. The number of halogens is 1. The molecule has 0 aliphatic carbocycles. The highest BCUT2D eigenvalue weighted by molar-refractivity contribution is 9.10. The molecule has 0 radical (unpaired) electrons. The number of esters is 4. The number of ether oxygens (including phenoxy) is 5. The molecule has 1 saturated heterocycles. The zero-order valence-corrected chi connectivity index (χ0v) is 25.6. The third kappa shape index (κ3) is 7.87. The Balaban J connectivity index is 1.69. The molecule has 1 aliphatic heterocycles. The van der Waals surface area contributed by atoms with Gasteiger partial charge in [0, 0.05) is 49.7 Å². The van der Waals surface area contributed by atoms with E-state index in [4.69, 9.17) is 33.8 Å². The summed E-state index contributed by atoms with van der Waals surface area (Å²) < 4.78 is 35.4. The van der Waals surface area contributed by atoms with Gasteiger partial charge in [0.2, 0.25) is 0 Å². The third-order valence-electron chi connectivity index (χ3n) is 6.32. The van der Waals surface area contributed by atoms with E-state index in [1.165, 1.54) is 17.8 Å². The van der Waals surface area contributed by atoms with Crippen molar-refractivity contribution in [3.05, 3.63) is 58.0 Å². The fourth-order valence-corrected chi connectivity index (χ4v) is 4.92. The molecule has 1 fully saturated rings. The molecule has 2 N–H and O–H groups in total. The molecule has 0 bridgehead atoms. The first-order chi connectivity index (χ1) is 20.8. The zero-order chi connectivity index (χ0) is 32.1. The summed E-state index contributed by atoms with van der Waals surface area (Å²) in [6.45, 7) is 4.16. The SMILES string of the molecule is CC(=O)OC[C@H]1O[C@@H](n2cc(Cc3cc(-c4ccc(Br)cc4)oc3C(N)=O)nn2)[C@H](OC(C)=O)[C@@H](OC(C)=O)[C@@H]1OC(C)=O. The van der Waals surface area contributed by atoms with Crippen molar-refractivity contribution in [2.24, 2.45) is 5.73 Å². The molecule has 15 nitrogen and oxygen atoms in total. The molecule has 2 aromatic heterocycles. The number of amides is 1. The van der Waals surface area contributed by atoms with E-state index in [-0.39, 0.29) is 12.2 Å². The molecule has 0 unspecified atom stereocenters. The molecule has 1 amide bonds. The van der Waals surface area contributed by atoms with E-state index in [1.54, 1.807) is 18.2 Å². The molecule has 0 saturated carbocycles. The van der Waals surface area contributed by atoms with Gasteiger partial charge < -0.3 is 33.8 Å². The fourth-order valence-electron chi connectivity index (χ4n) is 4.66. The van der Waals surface area contributed by atoms with Crippen LogP contribution in [0.4, 0.5) is 0 Å². The number of carbonyl (C=O) groups excluding carboxylic acids is 5. The average molecular weight is 677 g/mol. The van der Waals surface area contributed by atoms with Crippen LogP contribution < -0.4 is 5.73 Å². The molecule has 3 heterocycles. The van der Waals surface area contributed by atoms with Gasteiger partial charge in [-0.15, -0.1) is 5.10 Å². The Bertz CT molecular complexity index is 1550. The molecule has 1 aromatic carbocycles. The summed E-state index contributed by atoms with van der Waals surface area (Å²) >= 11 is 3.38. The molecule has 5 atom stereocenters. The highest BCUT2D eigenvalue weighted by atomic mass is 79.9. The number of hydrogen-bond donors (Lipinski definition) is 1. The lowest BCUT2D eigenvalue weighted by Gasteiger charge is -2.44. The van der Waals surface area contributed by atoms with Crippen LogP contribution >= 0.6 is 15.9 Å². The minimum Gasteiger partial charge on any atom is -0.463 e. The molecule has 4 rings (SSSR count). The lowest BCUT2D eigenvalue weighted by Crippen LogP contribution is -2.60. The molecular formula is C28H29BrN4O11. The number of furan rings is 1. The maximum atomic E-state index is 12.2. The van der Waals surface area contributed by atoms with Gasteiger partial charge in [-0.3, -0.25) is 24.0 Å². The van der Waals surface area contributed by atoms with Crippen molar-refractivity contribution in [3.63, 3.8) is 0 Å². The first-order valence-corrected chi connectivity index (χ1v) is 14.0. The first kappa shape index (κ1) is 32.3. The predicted molar refractivity (Wildman–Crippen MR) is 150 cm³/mol. The van der Waals surface area contributed by atoms with Gasteiger partial charge in [0.1, 0.15) is 18.5 Å². The standard InChI is InChI=1S/C28H29BrN4O11/c1-13(34)39-12-22-24(40-14(2)35)25(41-15(3)36)26(42-16(4)37)28(44-22)33-11-20(31-32-33)9-18-10-21(43-23(18)27(30)38)17-5-7-19(29)8-6-17/h5-8,10-11,22,24-26,28H,9,12H2,1-4H3,(H2,30,38)/t22-,24-,25+,26-,28-/m1/s1. The fraction of sp³-hybridized carbons (Fsp3) is 0.393. The molecule has 44 heavy (non-hydrogen) atoms. The van der Waals surface area contributed by atoms with Crippen LogP contribution in [0.1, 0.15) is 55.7 Å². The van der Waals surface area contributed by atoms with Crippen molar-refractivity contribution in [2.45, 2.75) is 64.8 Å². The van der Waals surface area contributed by atoms with Crippen molar-refractivity contribution < 1.29 is 52.1 Å². The molecule has 3 aromatic rings. The normalized spacial score (nSPS) is 21.2. The Morgan fingerprint density at radius 1 is 0.909 bits per heavy atom. The van der Waals surface area contributed by atoms with Crippen LogP contribution in [-0.2, 0) is 49.3 Å². The Kier molecular flexibility index (Phi) is 10.2. The minimum atomic E-state index is -1.38. The van der Waals surface area contributed by atoms with E-state index < -0.39 is 67.0 Å². The van der Waals surface area contributed by atoms with Crippen LogP contribution in [0.3, 0.4) is 0 Å². The van der Waals surface area contributed by atoms with Gasteiger partial charge >= 0.3 is 23.9 Å². The quantitative estimate of drug-likeness (QED) is 0.242. The van der Waals surface area contributed by atoms with Gasteiger partial charge in [0.15, 0.2) is 30.3 Å². The predicted octanol–water partition coefficient (Wildman–Crippen LogP) is 2.25. The van der Waals surface area contributed by atoms with Crippen molar-refractivity contribution >= 4 is 45.7 Å². The number of primary amides is 1. The molecule has 234 valence electrons. The molecule has 16 heteroatoms. The lowest BCUT2D eigenvalue weighted by molar-refractivity contribution is -0.270. The number of hydrogen-bond acceptors (Lipinski definition) is 13. The van der Waals surface area contributed by atoms with Gasteiger partial charge in [-0.1, -0.05) is 33.3 Å². The number of carbonyl (C=O) groups is 5.